The lowest BCUT2D eigenvalue weighted by Gasteiger charge is -2.10. The van der Waals surface area contributed by atoms with Crippen LogP contribution in [0.5, 0.6) is 0 Å². The van der Waals surface area contributed by atoms with Crippen LogP contribution in [0.3, 0.4) is 0 Å². The van der Waals surface area contributed by atoms with E-state index in [-0.39, 0.29) is 6.04 Å². The minimum Gasteiger partial charge on any atom is -0.382 e. The van der Waals surface area contributed by atoms with Crippen LogP contribution in [0.2, 0.25) is 0 Å². The third kappa shape index (κ3) is 2.19. The quantitative estimate of drug-likeness (QED) is 0.667. The number of nitrogens with two attached hydrogens (primary N) is 1. The molecule has 2 aromatic rings. The fraction of sp³-hybridized carbons (Fsp3) is 0.250. The predicted octanol–water partition coefficient (Wildman–Crippen LogP) is 0.350. The first kappa shape index (κ1) is 9.38. The van der Waals surface area contributed by atoms with Gasteiger partial charge in [-0.3, -0.25) is 10.1 Å². The number of aromatic amines is 1. The average molecular weight is 205 g/mol. The number of rotatable bonds is 3. The summed E-state index contributed by atoms with van der Waals surface area (Å²) in [6.45, 7) is 1.94. The molecule has 0 saturated heterocycles. The molecule has 0 aliphatic carbocycles. The standard InChI is InChI=1S/C8H11N7/c1-5(8-11-4-12-15-8)13-7-3-10-2-6(9)14-7/h2-5H,1H3,(H3,9,13,14)(H,11,12,15). The minimum atomic E-state index is -0.0244. The smallest absolute Gasteiger partial charge is 0.147 e. The molecule has 0 fully saturated rings. The van der Waals surface area contributed by atoms with Crippen molar-refractivity contribution in [2.45, 2.75) is 13.0 Å². The summed E-state index contributed by atoms with van der Waals surface area (Å²) >= 11 is 0. The number of nitrogen functional groups attached to an aromatic ring is 1. The molecular formula is C8H11N7. The lowest BCUT2D eigenvalue weighted by atomic mass is 10.3. The van der Waals surface area contributed by atoms with Gasteiger partial charge in [-0.1, -0.05) is 0 Å². The van der Waals surface area contributed by atoms with Gasteiger partial charge in [0.25, 0.3) is 0 Å². The van der Waals surface area contributed by atoms with Crippen LogP contribution in [0.15, 0.2) is 18.7 Å². The van der Waals surface area contributed by atoms with Gasteiger partial charge in [0.1, 0.15) is 23.8 Å². The molecule has 0 saturated carbocycles. The molecule has 0 spiro atoms. The lowest BCUT2D eigenvalue weighted by Crippen LogP contribution is -2.10. The summed E-state index contributed by atoms with van der Waals surface area (Å²) < 4.78 is 0. The highest BCUT2D eigenvalue weighted by Crippen LogP contribution is 2.13. The zero-order valence-electron chi connectivity index (χ0n) is 8.18. The molecule has 4 N–H and O–H groups in total. The summed E-state index contributed by atoms with van der Waals surface area (Å²) in [6.07, 6.45) is 4.55. The molecule has 2 heterocycles. The Labute approximate surface area is 86.2 Å². The van der Waals surface area contributed by atoms with Crippen LogP contribution >= 0.6 is 0 Å². The summed E-state index contributed by atoms with van der Waals surface area (Å²) in [4.78, 5) is 12.0. The van der Waals surface area contributed by atoms with Crippen molar-refractivity contribution in [3.63, 3.8) is 0 Å². The highest BCUT2D eigenvalue weighted by molar-refractivity contribution is 5.39. The Morgan fingerprint density at radius 2 is 2.33 bits per heavy atom. The Hall–Kier alpha value is -2.18. The molecule has 1 atom stereocenters. The van der Waals surface area contributed by atoms with E-state index in [2.05, 4.69) is 30.5 Å². The Balaban J connectivity index is 2.09. The molecule has 0 radical (unpaired) electrons. The normalized spacial score (nSPS) is 12.3. The Morgan fingerprint density at radius 3 is 3.00 bits per heavy atom. The molecule has 15 heavy (non-hydrogen) atoms. The first-order valence-electron chi connectivity index (χ1n) is 4.45. The van der Waals surface area contributed by atoms with Crippen molar-refractivity contribution in [1.82, 2.24) is 25.1 Å². The largest absolute Gasteiger partial charge is 0.382 e. The van der Waals surface area contributed by atoms with Gasteiger partial charge < -0.3 is 11.1 Å². The van der Waals surface area contributed by atoms with Gasteiger partial charge in [0.05, 0.1) is 18.4 Å². The van der Waals surface area contributed by atoms with E-state index in [0.717, 1.165) is 5.82 Å². The molecule has 0 aliphatic heterocycles. The highest BCUT2D eigenvalue weighted by Gasteiger charge is 2.08. The van der Waals surface area contributed by atoms with Gasteiger partial charge in [0.15, 0.2) is 0 Å². The zero-order valence-corrected chi connectivity index (χ0v) is 8.18. The van der Waals surface area contributed by atoms with Crippen molar-refractivity contribution in [3.05, 3.63) is 24.5 Å². The predicted molar refractivity (Wildman–Crippen MR) is 54.9 cm³/mol. The molecule has 0 amide bonds. The van der Waals surface area contributed by atoms with Gasteiger partial charge in [-0.2, -0.15) is 5.10 Å². The second kappa shape index (κ2) is 3.91. The summed E-state index contributed by atoms with van der Waals surface area (Å²) in [5, 5.41) is 9.63. The number of H-pyrrole nitrogens is 1. The van der Waals surface area contributed by atoms with Crippen LogP contribution in [0.1, 0.15) is 18.8 Å². The maximum absolute atomic E-state index is 5.50. The third-order valence-electron chi connectivity index (χ3n) is 1.86. The second-order valence-corrected chi connectivity index (χ2v) is 3.07. The van der Waals surface area contributed by atoms with Crippen molar-refractivity contribution < 1.29 is 0 Å². The van der Waals surface area contributed by atoms with Crippen molar-refractivity contribution in [1.29, 1.82) is 0 Å². The molecule has 1 unspecified atom stereocenters. The molecule has 7 nitrogen and oxygen atoms in total. The van der Waals surface area contributed by atoms with Crippen molar-refractivity contribution in [2.75, 3.05) is 11.1 Å². The number of hydrogen-bond acceptors (Lipinski definition) is 6. The SMILES string of the molecule is CC(Nc1cncc(N)n1)c1ncn[nH]1. The van der Waals surface area contributed by atoms with E-state index in [9.17, 15) is 0 Å². The van der Waals surface area contributed by atoms with E-state index in [1.807, 2.05) is 6.92 Å². The van der Waals surface area contributed by atoms with Crippen LogP contribution in [0.25, 0.3) is 0 Å². The van der Waals surface area contributed by atoms with Crippen LogP contribution in [0.4, 0.5) is 11.6 Å². The summed E-state index contributed by atoms with van der Waals surface area (Å²) in [5.74, 6) is 1.72. The summed E-state index contributed by atoms with van der Waals surface area (Å²) in [5.41, 5.74) is 5.50. The van der Waals surface area contributed by atoms with Crippen LogP contribution in [0, 0.1) is 0 Å². The molecule has 0 bridgehead atoms. The Kier molecular flexibility index (Phi) is 2.44. The van der Waals surface area contributed by atoms with Gasteiger partial charge in [-0.05, 0) is 6.92 Å². The third-order valence-corrected chi connectivity index (χ3v) is 1.86. The van der Waals surface area contributed by atoms with Crippen LogP contribution < -0.4 is 11.1 Å². The first-order chi connectivity index (χ1) is 7.25. The van der Waals surface area contributed by atoms with E-state index >= 15 is 0 Å². The highest BCUT2D eigenvalue weighted by atomic mass is 15.2. The van der Waals surface area contributed by atoms with E-state index < -0.39 is 0 Å². The molecule has 78 valence electrons. The Bertz CT molecular complexity index is 424. The fourth-order valence-corrected chi connectivity index (χ4v) is 1.16. The number of anilines is 2. The van der Waals surface area contributed by atoms with E-state index in [4.69, 9.17) is 5.73 Å². The topological polar surface area (TPSA) is 105 Å². The number of hydrogen-bond donors (Lipinski definition) is 3. The second-order valence-electron chi connectivity index (χ2n) is 3.07. The van der Waals surface area contributed by atoms with Crippen molar-refractivity contribution >= 4 is 11.6 Å². The zero-order chi connectivity index (χ0) is 10.7. The van der Waals surface area contributed by atoms with Crippen LogP contribution in [-0.4, -0.2) is 25.1 Å². The van der Waals surface area contributed by atoms with Crippen molar-refractivity contribution in [2.24, 2.45) is 0 Å². The van der Waals surface area contributed by atoms with Gasteiger partial charge >= 0.3 is 0 Å². The van der Waals surface area contributed by atoms with Gasteiger partial charge in [-0.25, -0.2) is 9.97 Å². The average Bonchev–Trinajstić information content (AvgIpc) is 2.70. The monoisotopic (exact) mass is 205 g/mol. The minimum absolute atomic E-state index is 0.0244. The summed E-state index contributed by atoms with van der Waals surface area (Å²) in [6, 6.07) is -0.0244. The first-order valence-corrected chi connectivity index (χ1v) is 4.45. The number of nitrogens with zero attached hydrogens (tertiary/aromatic N) is 4. The maximum atomic E-state index is 5.50. The molecule has 0 aliphatic rings. The lowest BCUT2D eigenvalue weighted by molar-refractivity contribution is 0.789. The number of aromatic nitrogens is 5. The van der Waals surface area contributed by atoms with Crippen LogP contribution in [-0.2, 0) is 0 Å². The van der Waals surface area contributed by atoms with E-state index in [1.165, 1.54) is 12.5 Å². The van der Waals surface area contributed by atoms with Gasteiger partial charge in [0, 0.05) is 0 Å². The Morgan fingerprint density at radius 1 is 1.47 bits per heavy atom. The molecule has 7 heteroatoms. The maximum Gasteiger partial charge on any atom is 0.147 e. The molecule has 2 rings (SSSR count). The molecular weight excluding hydrogens is 194 g/mol. The van der Waals surface area contributed by atoms with E-state index in [0.29, 0.717) is 11.6 Å². The van der Waals surface area contributed by atoms with Gasteiger partial charge in [0.2, 0.25) is 0 Å². The van der Waals surface area contributed by atoms with E-state index in [1.54, 1.807) is 6.20 Å². The fourth-order valence-electron chi connectivity index (χ4n) is 1.16. The molecule has 2 aromatic heterocycles. The van der Waals surface area contributed by atoms with Gasteiger partial charge in [-0.15, -0.1) is 0 Å². The van der Waals surface area contributed by atoms with Crippen molar-refractivity contribution in [3.8, 4) is 0 Å². The molecule has 0 aromatic carbocycles. The summed E-state index contributed by atoms with van der Waals surface area (Å²) in [7, 11) is 0. The number of nitrogens with one attached hydrogen (secondary N) is 2.